The lowest BCUT2D eigenvalue weighted by Gasteiger charge is -2.10. The van der Waals surface area contributed by atoms with Crippen molar-refractivity contribution < 1.29 is 13.2 Å². The first-order chi connectivity index (χ1) is 9.97. The van der Waals surface area contributed by atoms with Crippen LogP contribution in [-0.2, 0) is 12.7 Å². The zero-order valence-corrected chi connectivity index (χ0v) is 11.5. The van der Waals surface area contributed by atoms with Crippen molar-refractivity contribution in [3.8, 4) is 0 Å². The van der Waals surface area contributed by atoms with E-state index in [2.05, 4.69) is 11.9 Å². The summed E-state index contributed by atoms with van der Waals surface area (Å²) in [6.45, 7) is 5.08. The van der Waals surface area contributed by atoms with Gasteiger partial charge in [-0.3, -0.25) is 0 Å². The van der Waals surface area contributed by atoms with Crippen molar-refractivity contribution in [2.24, 2.45) is 0 Å². The fraction of sp³-hybridized carbons (Fsp3) is 0.176. The van der Waals surface area contributed by atoms with Crippen molar-refractivity contribution in [3.63, 3.8) is 0 Å². The molecule has 2 aromatic rings. The molecule has 0 aliphatic carbocycles. The molecule has 0 radical (unpaired) electrons. The Balaban J connectivity index is 1.85. The van der Waals surface area contributed by atoms with Gasteiger partial charge in [0.05, 0.1) is 5.56 Å². The molecule has 0 aromatic heterocycles. The molecule has 21 heavy (non-hydrogen) atoms. The Morgan fingerprint density at radius 1 is 0.952 bits per heavy atom. The number of hydrogen-bond donors (Lipinski definition) is 1. The molecule has 1 N–H and O–H groups in total. The van der Waals surface area contributed by atoms with Crippen molar-refractivity contribution in [3.05, 3.63) is 77.9 Å². The molecule has 2 rings (SSSR count). The average Bonchev–Trinajstić information content (AvgIpc) is 2.47. The number of halogens is 3. The molecule has 110 valence electrons. The summed E-state index contributed by atoms with van der Waals surface area (Å²) >= 11 is 0. The molecule has 0 bridgehead atoms. The van der Waals surface area contributed by atoms with Gasteiger partial charge in [0.1, 0.15) is 0 Å². The summed E-state index contributed by atoms with van der Waals surface area (Å²) in [5.74, 6) is 0. The molecule has 0 spiro atoms. The summed E-state index contributed by atoms with van der Waals surface area (Å²) in [5.41, 5.74) is 2.18. The van der Waals surface area contributed by atoms with Crippen LogP contribution in [0.15, 0.2) is 61.2 Å². The molecule has 2 aromatic carbocycles. The Morgan fingerprint density at radius 2 is 1.57 bits per heavy atom. The maximum absolute atomic E-state index is 12.4. The molecular formula is C17H16F3N. The summed E-state index contributed by atoms with van der Waals surface area (Å²) < 4.78 is 37.3. The first kappa shape index (κ1) is 15.3. The molecule has 4 heteroatoms. The summed E-state index contributed by atoms with van der Waals surface area (Å²) in [7, 11) is 0. The highest BCUT2D eigenvalue weighted by molar-refractivity contribution is 5.64. The van der Waals surface area contributed by atoms with E-state index in [1.165, 1.54) is 12.1 Å². The van der Waals surface area contributed by atoms with Crippen molar-refractivity contribution in [1.82, 2.24) is 5.32 Å². The summed E-state index contributed by atoms with van der Waals surface area (Å²) in [6.07, 6.45) is -4.28. The zero-order valence-electron chi connectivity index (χ0n) is 11.5. The number of nitrogens with one attached hydrogen (secondary N) is 1. The van der Waals surface area contributed by atoms with E-state index in [4.69, 9.17) is 0 Å². The molecule has 0 saturated carbocycles. The summed E-state index contributed by atoms with van der Waals surface area (Å²) in [4.78, 5) is 0. The molecule has 0 atom stereocenters. The second-order valence-electron chi connectivity index (χ2n) is 4.77. The molecular weight excluding hydrogens is 275 g/mol. The molecule has 0 amide bonds. The minimum Gasteiger partial charge on any atom is -0.309 e. The predicted molar refractivity (Wildman–Crippen MR) is 78.6 cm³/mol. The van der Waals surface area contributed by atoms with Crippen LogP contribution in [0.25, 0.3) is 5.57 Å². The molecule has 0 saturated heterocycles. The lowest BCUT2D eigenvalue weighted by Crippen LogP contribution is -2.16. The Bertz CT molecular complexity index is 586. The second kappa shape index (κ2) is 6.59. The van der Waals surface area contributed by atoms with Gasteiger partial charge >= 0.3 is 6.18 Å². The lowest BCUT2D eigenvalue weighted by atomic mass is 10.1. The van der Waals surface area contributed by atoms with Gasteiger partial charge in [-0.25, -0.2) is 0 Å². The van der Waals surface area contributed by atoms with E-state index in [9.17, 15) is 13.2 Å². The maximum Gasteiger partial charge on any atom is 0.416 e. The highest BCUT2D eigenvalue weighted by atomic mass is 19.4. The van der Waals surface area contributed by atoms with Crippen molar-refractivity contribution in [1.29, 1.82) is 0 Å². The van der Waals surface area contributed by atoms with Crippen molar-refractivity contribution in [2.75, 3.05) is 6.54 Å². The van der Waals surface area contributed by atoms with Crippen LogP contribution in [0.1, 0.15) is 16.7 Å². The van der Waals surface area contributed by atoms with Crippen LogP contribution in [0.4, 0.5) is 13.2 Å². The highest BCUT2D eigenvalue weighted by Crippen LogP contribution is 2.29. The maximum atomic E-state index is 12.4. The fourth-order valence-electron chi connectivity index (χ4n) is 1.95. The van der Waals surface area contributed by atoms with Gasteiger partial charge in [-0.05, 0) is 28.8 Å². The van der Waals surface area contributed by atoms with E-state index in [0.717, 1.165) is 28.8 Å². The largest absolute Gasteiger partial charge is 0.416 e. The van der Waals surface area contributed by atoms with Gasteiger partial charge in [0, 0.05) is 13.1 Å². The van der Waals surface area contributed by atoms with Gasteiger partial charge in [0.2, 0.25) is 0 Å². The Morgan fingerprint density at radius 3 is 2.14 bits per heavy atom. The Kier molecular flexibility index (Phi) is 4.81. The smallest absolute Gasteiger partial charge is 0.309 e. The third-order valence-corrected chi connectivity index (χ3v) is 3.13. The Labute approximate surface area is 122 Å². The molecule has 0 aliphatic heterocycles. The van der Waals surface area contributed by atoms with Crippen LogP contribution in [0.3, 0.4) is 0 Å². The third-order valence-electron chi connectivity index (χ3n) is 3.13. The second-order valence-corrected chi connectivity index (χ2v) is 4.77. The number of rotatable bonds is 5. The molecule has 1 nitrogen and oxygen atoms in total. The van der Waals surface area contributed by atoms with E-state index < -0.39 is 11.7 Å². The summed E-state index contributed by atoms with van der Waals surface area (Å²) in [5, 5.41) is 3.18. The molecule has 0 heterocycles. The standard InChI is InChI=1S/C17H16F3N/c1-13(15-5-3-2-4-6-15)11-21-12-14-7-9-16(10-8-14)17(18,19)20/h2-10,21H,1,11-12H2. The van der Waals surface area contributed by atoms with Gasteiger partial charge in [0.15, 0.2) is 0 Å². The lowest BCUT2D eigenvalue weighted by molar-refractivity contribution is -0.137. The van der Waals surface area contributed by atoms with Crippen molar-refractivity contribution >= 4 is 5.57 Å². The number of alkyl halides is 3. The minimum atomic E-state index is -4.28. The SMILES string of the molecule is C=C(CNCc1ccc(C(F)(F)F)cc1)c1ccccc1. The molecule has 0 aliphatic rings. The van der Waals surface area contributed by atoms with Crippen LogP contribution in [-0.4, -0.2) is 6.54 Å². The highest BCUT2D eigenvalue weighted by Gasteiger charge is 2.29. The van der Waals surface area contributed by atoms with Crippen LogP contribution in [0.5, 0.6) is 0 Å². The van der Waals surface area contributed by atoms with E-state index in [1.807, 2.05) is 30.3 Å². The monoisotopic (exact) mass is 291 g/mol. The first-order valence-electron chi connectivity index (χ1n) is 6.57. The quantitative estimate of drug-likeness (QED) is 0.854. The van der Waals surface area contributed by atoms with Gasteiger partial charge in [0.25, 0.3) is 0 Å². The fourth-order valence-corrected chi connectivity index (χ4v) is 1.95. The average molecular weight is 291 g/mol. The van der Waals surface area contributed by atoms with Gasteiger partial charge in [-0.1, -0.05) is 49.0 Å². The van der Waals surface area contributed by atoms with Gasteiger partial charge < -0.3 is 5.32 Å². The van der Waals surface area contributed by atoms with Gasteiger partial charge in [-0.15, -0.1) is 0 Å². The summed E-state index contributed by atoms with van der Waals surface area (Å²) in [6, 6.07) is 14.9. The van der Waals surface area contributed by atoms with E-state index in [0.29, 0.717) is 13.1 Å². The Hall–Kier alpha value is -2.07. The predicted octanol–water partition coefficient (Wildman–Crippen LogP) is 4.51. The number of hydrogen-bond acceptors (Lipinski definition) is 1. The normalized spacial score (nSPS) is 11.4. The van der Waals surface area contributed by atoms with Crippen LogP contribution >= 0.6 is 0 Å². The van der Waals surface area contributed by atoms with E-state index >= 15 is 0 Å². The third kappa shape index (κ3) is 4.46. The topological polar surface area (TPSA) is 12.0 Å². The molecule has 0 unspecified atom stereocenters. The zero-order chi connectivity index (χ0) is 15.3. The first-order valence-corrected chi connectivity index (χ1v) is 6.57. The van der Waals surface area contributed by atoms with Crippen molar-refractivity contribution in [2.45, 2.75) is 12.7 Å². The van der Waals surface area contributed by atoms with Crippen LogP contribution in [0, 0.1) is 0 Å². The minimum absolute atomic E-state index is 0.504. The van der Waals surface area contributed by atoms with Crippen LogP contribution in [0.2, 0.25) is 0 Å². The van der Waals surface area contributed by atoms with Crippen LogP contribution < -0.4 is 5.32 Å². The van der Waals surface area contributed by atoms with E-state index in [-0.39, 0.29) is 0 Å². The number of benzene rings is 2. The van der Waals surface area contributed by atoms with E-state index in [1.54, 1.807) is 0 Å². The van der Waals surface area contributed by atoms with Gasteiger partial charge in [-0.2, -0.15) is 13.2 Å². The molecule has 0 fully saturated rings.